The number of nitrogens with zero attached hydrogens (tertiary/aromatic N) is 2. The van der Waals surface area contributed by atoms with E-state index in [1.807, 2.05) is 13.1 Å². The Bertz CT molecular complexity index is 378. The van der Waals surface area contributed by atoms with Crippen molar-refractivity contribution in [3.05, 3.63) is 23.5 Å². The summed E-state index contributed by atoms with van der Waals surface area (Å²) >= 11 is 5.95. The van der Waals surface area contributed by atoms with Crippen LogP contribution in [0.2, 0.25) is 0 Å². The van der Waals surface area contributed by atoms with Crippen LogP contribution in [0.15, 0.2) is 12.3 Å². The molecule has 1 aliphatic heterocycles. The van der Waals surface area contributed by atoms with Gasteiger partial charge in [-0.3, -0.25) is 4.98 Å². The molecule has 0 saturated carbocycles. The fourth-order valence-corrected chi connectivity index (χ4v) is 2.43. The molecule has 0 N–H and O–H groups in total. The molecule has 1 atom stereocenters. The number of aryl methyl sites for hydroxylation is 1. The SMILES string of the molecule is Cc1cc(N(C)CC2CCCO2)c(CCl)cn1. The summed E-state index contributed by atoms with van der Waals surface area (Å²) in [4.78, 5) is 6.51. The molecule has 1 aromatic rings. The number of ether oxygens (including phenoxy) is 1. The molecule has 1 aromatic heterocycles. The van der Waals surface area contributed by atoms with Gasteiger partial charge in [0.1, 0.15) is 0 Å². The summed E-state index contributed by atoms with van der Waals surface area (Å²) in [5.74, 6) is 0.498. The Labute approximate surface area is 108 Å². The van der Waals surface area contributed by atoms with Gasteiger partial charge in [-0.15, -0.1) is 11.6 Å². The molecule has 0 radical (unpaired) electrons. The van der Waals surface area contributed by atoms with Gasteiger partial charge in [0.05, 0.1) is 12.0 Å². The average Bonchev–Trinajstić information content (AvgIpc) is 2.81. The average molecular weight is 255 g/mol. The van der Waals surface area contributed by atoms with E-state index < -0.39 is 0 Å². The minimum atomic E-state index is 0.358. The Morgan fingerprint density at radius 3 is 3.06 bits per heavy atom. The van der Waals surface area contributed by atoms with Crippen LogP contribution in [0.4, 0.5) is 5.69 Å². The van der Waals surface area contributed by atoms with E-state index in [-0.39, 0.29) is 0 Å². The molecule has 0 amide bonds. The maximum absolute atomic E-state index is 5.95. The molecular weight excluding hydrogens is 236 g/mol. The summed E-state index contributed by atoms with van der Waals surface area (Å²) in [6.45, 7) is 3.82. The van der Waals surface area contributed by atoms with Gasteiger partial charge in [-0.2, -0.15) is 0 Å². The number of anilines is 1. The zero-order chi connectivity index (χ0) is 12.3. The van der Waals surface area contributed by atoms with Crippen LogP contribution in [0.1, 0.15) is 24.1 Å². The number of rotatable bonds is 4. The second kappa shape index (κ2) is 5.69. The summed E-state index contributed by atoms with van der Waals surface area (Å²) in [6.07, 6.45) is 4.56. The number of pyridine rings is 1. The van der Waals surface area contributed by atoms with Crippen molar-refractivity contribution in [2.24, 2.45) is 0 Å². The molecule has 4 heteroatoms. The van der Waals surface area contributed by atoms with E-state index >= 15 is 0 Å². The second-order valence-corrected chi connectivity index (χ2v) is 4.87. The fourth-order valence-electron chi connectivity index (χ4n) is 2.22. The summed E-state index contributed by atoms with van der Waals surface area (Å²) in [5, 5.41) is 0. The van der Waals surface area contributed by atoms with E-state index in [4.69, 9.17) is 16.3 Å². The Balaban J connectivity index is 2.11. The largest absolute Gasteiger partial charge is 0.376 e. The van der Waals surface area contributed by atoms with Gasteiger partial charge < -0.3 is 9.64 Å². The minimum Gasteiger partial charge on any atom is -0.376 e. The summed E-state index contributed by atoms with van der Waals surface area (Å²) in [6, 6.07) is 2.09. The third-order valence-electron chi connectivity index (χ3n) is 3.16. The van der Waals surface area contributed by atoms with Crippen LogP contribution in [0, 0.1) is 6.92 Å². The molecule has 2 heterocycles. The molecule has 1 aliphatic rings. The molecule has 17 heavy (non-hydrogen) atoms. The van der Waals surface area contributed by atoms with Gasteiger partial charge in [0.15, 0.2) is 0 Å². The predicted octanol–water partition coefficient (Wildman–Crippen LogP) is 2.74. The molecule has 2 rings (SSSR count). The maximum Gasteiger partial charge on any atom is 0.0750 e. The number of hydrogen-bond donors (Lipinski definition) is 0. The number of alkyl halides is 1. The highest BCUT2D eigenvalue weighted by molar-refractivity contribution is 6.17. The van der Waals surface area contributed by atoms with Crippen LogP contribution >= 0.6 is 11.6 Å². The first-order valence-electron chi connectivity index (χ1n) is 6.05. The van der Waals surface area contributed by atoms with E-state index in [1.165, 1.54) is 12.1 Å². The lowest BCUT2D eigenvalue weighted by atomic mass is 10.2. The molecule has 3 nitrogen and oxygen atoms in total. The Morgan fingerprint density at radius 2 is 2.41 bits per heavy atom. The van der Waals surface area contributed by atoms with Gasteiger partial charge in [0, 0.05) is 43.3 Å². The molecule has 0 aromatic carbocycles. The quantitative estimate of drug-likeness (QED) is 0.773. The Hall–Kier alpha value is -0.800. The van der Waals surface area contributed by atoms with Crippen LogP contribution in [-0.2, 0) is 10.6 Å². The number of likely N-dealkylation sites (N-methyl/N-ethyl adjacent to an activating group) is 1. The van der Waals surface area contributed by atoms with Crippen molar-refractivity contribution < 1.29 is 4.74 Å². The van der Waals surface area contributed by atoms with Crippen molar-refractivity contribution in [2.45, 2.75) is 31.7 Å². The van der Waals surface area contributed by atoms with Crippen LogP contribution < -0.4 is 4.90 Å². The lowest BCUT2D eigenvalue weighted by Gasteiger charge is -2.24. The molecule has 94 valence electrons. The molecule has 1 saturated heterocycles. The summed E-state index contributed by atoms with van der Waals surface area (Å²) < 4.78 is 5.66. The van der Waals surface area contributed by atoms with E-state index in [9.17, 15) is 0 Å². The van der Waals surface area contributed by atoms with E-state index in [0.717, 1.165) is 30.8 Å². The van der Waals surface area contributed by atoms with Crippen molar-refractivity contribution in [3.8, 4) is 0 Å². The molecule has 1 fully saturated rings. The van der Waals surface area contributed by atoms with Gasteiger partial charge in [0.25, 0.3) is 0 Å². The minimum absolute atomic E-state index is 0.358. The van der Waals surface area contributed by atoms with E-state index in [2.05, 4.69) is 23.0 Å². The van der Waals surface area contributed by atoms with Crippen molar-refractivity contribution in [2.75, 3.05) is 25.1 Å². The Morgan fingerprint density at radius 1 is 1.59 bits per heavy atom. The van der Waals surface area contributed by atoms with Crippen LogP contribution in [0.25, 0.3) is 0 Å². The summed E-state index contributed by atoms with van der Waals surface area (Å²) in [5.41, 5.74) is 3.27. The standard InChI is InChI=1S/C13H19ClN2O/c1-10-6-13(11(7-14)8-15-10)16(2)9-12-4-3-5-17-12/h6,8,12H,3-5,7,9H2,1-2H3. The Kier molecular flexibility index (Phi) is 4.24. The first-order chi connectivity index (χ1) is 8.20. The maximum atomic E-state index is 5.95. The highest BCUT2D eigenvalue weighted by atomic mass is 35.5. The molecule has 1 unspecified atom stereocenters. The molecular formula is C13H19ClN2O. The van der Waals surface area contributed by atoms with Crippen molar-refractivity contribution in [3.63, 3.8) is 0 Å². The number of aromatic nitrogens is 1. The van der Waals surface area contributed by atoms with Gasteiger partial charge >= 0.3 is 0 Å². The van der Waals surface area contributed by atoms with Crippen LogP contribution in [-0.4, -0.2) is 31.3 Å². The van der Waals surface area contributed by atoms with E-state index in [1.54, 1.807) is 0 Å². The molecule has 0 spiro atoms. The first-order valence-corrected chi connectivity index (χ1v) is 6.58. The topological polar surface area (TPSA) is 25.4 Å². The number of halogens is 1. The molecule has 0 aliphatic carbocycles. The van der Waals surface area contributed by atoms with Crippen molar-refractivity contribution >= 4 is 17.3 Å². The predicted molar refractivity (Wildman–Crippen MR) is 70.8 cm³/mol. The van der Waals surface area contributed by atoms with Crippen LogP contribution in [0.5, 0.6) is 0 Å². The van der Waals surface area contributed by atoms with Gasteiger partial charge in [-0.25, -0.2) is 0 Å². The third kappa shape index (κ3) is 3.11. The lowest BCUT2D eigenvalue weighted by Crippen LogP contribution is -2.29. The van der Waals surface area contributed by atoms with Gasteiger partial charge in [-0.05, 0) is 25.8 Å². The highest BCUT2D eigenvalue weighted by Crippen LogP contribution is 2.23. The lowest BCUT2D eigenvalue weighted by molar-refractivity contribution is 0.116. The summed E-state index contributed by atoms with van der Waals surface area (Å²) in [7, 11) is 2.09. The van der Waals surface area contributed by atoms with Crippen LogP contribution in [0.3, 0.4) is 0 Å². The second-order valence-electron chi connectivity index (χ2n) is 4.60. The zero-order valence-electron chi connectivity index (χ0n) is 10.4. The fraction of sp³-hybridized carbons (Fsp3) is 0.615. The van der Waals surface area contributed by atoms with Gasteiger partial charge in [0.2, 0.25) is 0 Å². The first kappa shape index (κ1) is 12.7. The smallest absolute Gasteiger partial charge is 0.0750 e. The highest BCUT2D eigenvalue weighted by Gasteiger charge is 2.18. The normalized spacial score (nSPS) is 19.6. The van der Waals surface area contributed by atoms with Crippen molar-refractivity contribution in [1.82, 2.24) is 4.98 Å². The van der Waals surface area contributed by atoms with Crippen molar-refractivity contribution in [1.29, 1.82) is 0 Å². The number of hydrogen-bond acceptors (Lipinski definition) is 3. The molecule has 0 bridgehead atoms. The zero-order valence-corrected chi connectivity index (χ0v) is 11.2. The van der Waals surface area contributed by atoms with Gasteiger partial charge in [-0.1, -0.05) is 0 Å². The van der Waals surface area contributed by atoms with E-state index in [0.29, 0.717) is 12.0 Å². The third-order valence-corrected chi connectivity index (χ3v) is 3.44. The monoisotopic (exact) mass is 254 g/mol.